The van der Waals surface area contributed by atoms with E-state index in [1.54, 1.807) is 0 Å². The number of carboxylic acid groups (broad SMARTS) is 1. The lowest BCUT2D eigenvalue weighted by atomic mass is 9.60. The van der Waals surface area contributed by atoms with Gasteiger partial charge in [0, 0.05) is 11.8 Å². The van der Waals surface area contributed by atoms with Crippen molar-refractivity contribution in [3.05, 3.63) is 0 Å². The molecule has 4 heteroatoms. The maximum absolute atomic E-state index is 12.7. The van der Waals surface area contributed by atoms with Gasteiger partial charge in [-0.15, -0.1) is 0 Å². The highest BCUT2D eigenvalue weighted by Crippen LogP contribution is 2.77. The predicted octanol–water partition coefficient (Wildman–Crippen LogP) is 3.25. The van der Waals surface area contributed by atoms with Crippen LogP contribution in [0.3, 0.4) is 0 Å². The molecule has 1 N–H and O–H groups in total. The minimum Gasteiger partial charge on any atom is -0.481 e. The molecule has 8 atom stereocenters. The number of carbonyl (C=O) groups excluding carboxylic acids is 1. The monoisotopic (exact) mass is 318 g/mol. The molecule has 0 aromatic carbocycles. The van der Waals surface area contributed by atoms with E-state index >= 15 is 0 Å². The van der Waals surface area contributed by atoms with E-state index in [0.29, 0.717) is 11.8 Å². The van der Waals surface area contributed by atoms with Gasteiger partial charge in [-0.2, -0.15) is 0 Å². The predicted molar refractivity (Wildman–Crippen MR) is 82.4 cm³/mol. The Balaban J connectivity index is 1.74. The molecule has 1 aliphatic heterocycles. The van der Waals surface area contributed by atoms with E-state index in [1.165, 1.54) is 6.42 Å². The van der Waals surface area contributed by atoms with E-state index in [-0.39, 0.29) is 23.2 Å². The van der Waals surface area contributed by atoms with E-state index in [1.807, 2.05) is 6.92 Å². The number of carbonyl (C=O) groups is 2. The molecule has 1 heterocycles. The first-order chi connectivity index (χ1) is 10.9. The van der Waals surface area contributed by atoms with Crippen molar-refractivity contribution < 1.29 is 19.4 Å². The Morgan fingerprint density at radius 3 is 2.78 bits per heavy atom. The zero-order valence-electron chi connectivity index (χ0n) is 14.0. The van der Waals surface area contributed by atoms with E-state index in [2.05, 4.69) is 6.92 Å². The SMILES string of the molecule is C[C@H]1C[C@]23C[C@H]1CCC2[C@]12CCC[C@](C)(C(=O)O1)[C@H]2[C@@H]3C(=O)O. The average molecular weight is 318 g/mol. The molecular weight excluding hydrogens is 292 g/mol. The normalized spacial score (nSPS) is 59.4. The van der Waals surface area contributed by atoms with Crippen LogP contribution in [-0.4, -0.2) is 22.6 Å². The largest absolute Gasteiger partial charge is 0.481 e. The average Bonchev–Trinajstić information content (AvgIpc) is 2.92. The van der Waals surface area contributed by atoms with Crippen LogP contribution in [0.25, 0.3) is 0 Å². The third-order valence-corrected chi connectivity index (χ3v) is 8.70. The standard InChI is InChI=1S/C19H26O4/c1-10-8-18-9-11(10)4-5-12(18)19-7-3-6-17(2,16(22)23-19)14(19)13(18)15(20)21/h10-14H,3-9H2,1-2H3,(H,20,21)/t10-,11+,12?,13+,14+,17-,18-,19-/m0/s1. The summed E-state index contributed by atoms with van der Waals surface area (Å²) in [6.45, 7) is 4.28. The molecule has 5 aliphatic rings. The van der Waals surface area contributed by atoms with Gasteiger partial charge in [0.25, 0.3) is 0 Å². The summed E-state index contributed by atoms with van der Waals surface area (Å²) in [6.07, 6.45) is 6.98. The molecular formula is C19H26O4. The van der Waals surface area contributed by atoms with Crippen LogP contribution in [0.1, 0.15) is 58.8 Å². The molecule has 23 heavy (non-hydrogen) atoms. The Morgan fingerprint density at radius 1 is 1.26 bits per heavy atom. The van der Waals surface area contributed by atoms with Gasteiger partial charge >= 0.3 is 11.9 Å². The molecule has 5 rings (SSSR count). The summed E-state index contributed by atoms with van der Waals surface area (Å²) in [4.78, 5) is 25.1. The highest BCUT2D eigenvalue weighted by Gasteiger charge is 2.81. The number of rotatable bonds is 1. The highest BCUT2D eigenvalue weighted by molar-refractivity contribution is 5.84. The molecule has 0 radical (unpaired) electrons. The van der Waals surface area contributed by atoms with Crippen LogP contribution in [0.2, 0.25) is 0 Å². The fourth-order valence-electron chi connectivity index (χ4n) is 8.13. The highest BCUT2D eigenvalue weighted by atomic mass is 16.6. The minimum absolute atomic E-state index is 0.109. The van der Waals surface area contributed by atoms with Crippen molar-refractivity contribution in [1.82, 2.24) is 0 Å². The summed E-state index contributed by atoms with van der Waals surface area (Å²) in [7, 11) is 0. The second-order valence-electron chi connectivity index (χ2n) is 9.42. The van der Waals surface area contributed by atoms with E-state index < -0.39 is 22.9 Å². The summed E-state index contributed by atoms with van der Waals surface area (Å²) in [6, 6.07) is 0. The zero-order chi connectivity index (χ0) is 16.2. The first kappa shape index (κ1) is 14.3. The van der Waals surface area contributed by atoms with Crippen molar-refractivity contribution in [3.8, 4) is 0 Å². The molecule has 0 aromatic rings. The Bertz CT molecular complexity index is 610. The van der Waals surface area contributed by atoms with Crippen molar-refractivity contribution in [2.24, 2.45) is 40.4 Å². The van der Waals surface area contributed by atoms with Crippen molar-refractivity contribution in [2.45, 2.75) is 64.4 Å². The number of hydrogen-bond acceptors (Lipinski definition) is 3. The summed E-state index contributed by atoms with van der Waals surface area (Å²) < 4.78 is 6.13. The Labute approximate surface area is 137 Å². The van der Waals surface area contributed by atoms with Crippen LogP contribution >= 0.6 is 0 Å². The molecule has 1 spiro atoms. The number of fused-ring (bicyclic) bond motifs is 1. The topological polar surface area (TPSA) is 63.6 Å². The second-order valence-corrected chi connectivity index (χ2v) is 9.42. The molecule has 5 fully saturated rings. The fourth-order valence-corrected chi connectivity index (χ4v) is 8.13. The van der Waals surface area contributed by atoms with Crippen molar-refractivity contribution in [1.29, 1.82) is 0 Å². The first-order valence-electron chi connectivity index (χ1n) is 9.31. The first-order valence-corrected chi connectivity index (χ1v) is 9.31. The zero-order valence-corrected chi connectivity index (χ0v) is 14.0. The Kier molecular flexibility index (Phi) is 2.45. The van der Waals surface area contributed by atoms with Gasteiger partial charge in [0.2, 0.25) is 0 Å². The molecule has 4 aliphatic carbocycles. The molecule has 1 saturated heterocycles. The van der Waals surface area contributed by atoms with Crippen LogP contribution < -0.4 is 0 Å². The number of ether oxygens (including phenoxy) is 1. The number of esters is 1. The van der Waals surface area contributed by atoms with Crippen LogP contribution in [0, 0.1) is 40.4 Å². The van der Waals surface area contributed by atoms with Gasteiger partial charge in [0.15, 0.2) is 0 Å². The van der Waals surface area contributed by atoms with Crippen molar-refractivity contribution in [3.63, 3.8) is 0 Å². The lowest BCUT2D eigenvalue weighted by molar-refractivity contribution is -0.160. The maximum Gasteiger partial charge on any atom is 0.312 e. The van der Waals surface area contributed by atoms with Crippen molar-refractivity contribution in [2.75, 3.05) is 0 Å². The number of hydrogen-bond donors (Lipinski definition) is 1. The van der Waals surface area contributed by atoms with Gasteiger partial charge in [0.05, 0.1) is 11.3 Å². The Hall–Kier alpha value is -1.06. The fraction of sp³-hybridized carbons (Fsp3) is 0.895. The van der Waals surface area contributed by atoms with Gasteiger partial charge in [-0.05, 0) is 69.1 Å². The summed E-state index contributed by atoms with van der Waals surface area (Å²) in [5.74, 6) is 0.262. The van der Waals surface area contributed by atoms with Crippen LogP contribution in [0.5, 0.6) is 0 Å². The van der Waals surface area contributed by atoms with Crippen LogP contribution in [0.15, 0.2) is 0 Å². The lowest BCUT2D eigenvalue weighted by Gasteiger charge is -2.44. The quantitative estimate of drug-likeness (QED) is 0.754. The molecule has 126 valence electrons. The third kappa shape index (κ3) is 1.34. The third-order valence-electron chi connectivity index (χ3n) is 8.70. The van der Waals surface area contributed by atoms with Gasteiger partial charge in [0.1, 0.15) is 5.60 Å². The van der Waals surface area contributed by atoms with Gasteiger partial charge in [-0.1, -0.05) is 6.92 Å². The summed E-state index contributed by atoms with van der Waals surface area (Å²) in [5, 5.41) is 10.2. The molecule has 0 amide bonds. The van der Waals surface area contributed by atoms with Crippen molar-refractivity contribution >= 4 is 11.9 Å². The second kappa shape index (κ2) is 3.94. The van der Waals surface area contributed by atoms with E-state index in [9.17, 15) is 14.7 Å². The molecule has 1 unspecified atom stereocenters. The summed E-state index contributed by atoms with van der Waals surface area (Å²) in [5.41, 5.74) is -1.16. The van der Waals surface area contributed by atoms with Crippen LogP contribution in [-0.2, 0) is 14.3 Å². The molecule has 4 bridgehead atoms. The Morgan fingerprint density at radius 2 is 2.04 bits per heavy atom. The number of carboxylic acids is 1. The summed E-state index contributed by atoms with van der Waals surface area (Å²) >= 11 is 0. The molecule has 4 saturated carbocycles. The number of aliphatic carboxylic acids is 1. The van der Waals surface area contributed by atoms with Gasteiger partial charge in [-0.25, -0.2) is 0 Å². The molecule has 4 nitrogen and oxygen atoms in total. The van der Waals surface area contributed by atoms with Gasteiger partial charge < -0.3 is 9.84 Å². The van der Waals surface area contributed by atoms with Gasteiger partial charge in [-0.3, -0.25) is 9.59 Å². The molecule has 0 aromatic heterocycles. The maximum atomic E-state index is 12.7. The minimum atomic E-state index is -0.678. The van der Waals surface area contributed by atoms with E-state index in [0.717, 1.165) is 38.5 Å². The smallest absolute Gasteiger partial charge is 0.312 e. The lowest BCUT2D eigenvalue weighted by Crippen LogP contribution is -2.47. The van der Waals surface area contributed by atoms with Crippen LogP contribution in [0.4, 0.5) is 0 Å². The van der Waals surface area contributed by atoms with E-state index in [4.69, 9.17) is 4.74 Å².